The van der Waals surface area contributed by atoms with Crippen LogP contribution in [0.4, 0.5) is 5.69 Å². The van der Waals surface area contributed by atoms with Crippen molar-refractivity contribution >= 4 is 28.5 Å². The third kappa shape index (κ3) is 2.43. The average molecular weight is 263 g/mol. The first-order valence-corrected chi connectivity index (χ1v) is 6.82. The Bertz CT molecular complexity index is 508. The first kappa shape index (κ1) is 13.1. The summed E-state index contributed by atoms with van der Waals surface area (Å²) >= 11 is 1.77. The molecule has 1 unspecified atom stereocenters. The molecule has 0 bridgehead atoms. The summed E-state index contributed by atoms with van der Waals surface area (Å²) in [6.45, 7) is 7.96. The number of nitrogens with zero attached hydrogens (tertiary/aromatic N) is 1. The maximum atomic E-state index is 11.0. The van der Waals surface area contributed by atoms with Crippen LogP contribution >= 0.6 is 11.8 Å². The smallest absolute Gasteiger partial charge is 0.308 e. The van der Waals surface area contributed by atoms with Gasteiger partial charge in [0.05, 0.1) is 5.04 Å². The number of para-hydroxylation sites is 2. The zero-order valence-corrected chi connectivity index (χ0v) is 11.9. The van der Waals surface area contributed by atoms with Crippen molar-refractivity contribution in [3.8, 4) is 5.75 Å². The van der Waals surface area contributed by atoms with E-state index in [2.05, 4.69) is 25.8 Å². The van der Waals surface area contributed by atoms with Gasteiger partial charge in [0.2, 0.25) is 0 Å². The van der Waals surface area contributed by atoms with E-state index in [0.29, 0.717) is 11.0 Å². The summed E-state index contributed by atoms with van der Waals surface area (Å²) in [4.78, 5) is 15.7. The van der Waals surface area contributed by atoms with Crippen molar-refractivity contribution < 1.29 is 9.53 Å². The molecule has 1 saturated heterocycles. The molecule has 0 radical (unpaired) electrons. The molecule has 1 fully saturated rings. The summed E-state index contributed by atoms with van der Waals surface area (Å²) in [5, 5.41) is 1.66. The van der Waals surface area contributed by atoms with Crippen LogP contribution in [0.25, 0.3) is 0 Å². The molecular weight excluding hydrogens is 246 g/mol. The van der Waals surface area contributed by atoms with Gasteiger partial charge in [0.15, 0.2) is 5.75 Å². The molecule has 0 aliphatic carbocycles. The van der Waals surface area contributed by atoms with Gasteiger partial charge in [-0.3, -0.25) is 4.79 Å². The van der Waals surface area contributed by atoms with Crippen LogP contribution in [-0.4, -0.2) is 16.3 Å². The minimum Gasteiger partial charge on any atom is -0.424 e. The van der Waals surface area contributed by atoms with E-state index in [1.165, 1.54) is 6.92 Å². The highest BCUT2D eigenvalue weighted by atomic mass is 32.2. The number of carbonyl (C=O) groups excluding carboxylic acids is 1. The summed E-state index contributed by atoms with van der Waals surface area (Å²) in [6, 6.07) is 7.36. The van der Waals surface area contributed by atoms with Gasteiger partial charge in [-0.15, -0.1) is 11.8 Å². The SMILES string of the molecule is CC(=O)Oc1ccccc1N=C1SC(C)C1(C)C. The Morgan fingerprint density at radius 3 is 2.61 bits per heavy atom. The van der Waals surface area contributed by atoms with Gasteiger partial charge in [-0.2, -0.15) is 0 Å². The standard InChI is InChI=1S/C14H17NO2S/c1-9-14(3,4)13(18-9)15-11-7-5-6-8-12(11)17-10(2)16/h5-9H,1-4H3. The Morgan fingerprint density at radius 1 is 1.39 bits per heavy atom. The fraction of sp³-hybridized carbons (Fsp3) is 0.429. The zero-order valence-electron chi connectivity index (χ0n) is 11.1. The van der Waals surface area contributed by atoms with Crippen LogP contribution in [0.15, 0.2) is 29.3 Å². The van der Waals surface area contributed by atoms with Crippen LogP contribution in [-0.2, 0) is 4.79 Å². The largest absolute Gasteiger partial charge is 0.424 e. The molecule has 1 aromatic carbocycles. The molecule has 0 saturated carbocycles. The number of carbonyl (C=O) groups is 1. The Labute approximate surface area is 112 Å². The van der Waals surface area contributed by atoms with Crippen LogP contribution in [0.5, 0.6) is 5.75 Å². The number of rotatable bonds is 2. The molecule has 1 aliphatic rings. The number of hydrogen-bond acceptors (Lipinski definition) is 4. The molecule has 1 atom stereocenters. The van der Waals surface area contributed by atoms with Gasteiger partial charge in [-0.25, -0.2) is 4.99 Å². The van der Waals surface area contributed by atoms with Crippen LogP contribution in [0.2, 0.25) is 0 Å². The quantitative estimate of drug-likeness (QED) is 0.601. The highest BCUT2D eigenvalue weighted by molar-refractivity contribution is 8.16. The van der Waals surface area contributed by atoms with Crippen molar-refractivity contribution in [1.29, 1.82) is 0 Å². The molecule has 3 nitrogen and oxygen atoms in total. The number of hydrogen-bond donors (Lipinski definition) is 0. The fourth-order valence-corrected chi connectivity index (χ4v) is 2.84. The van der Waals surface area contributed by atoms with Gasteiger partial charge in [0.1, 0.15) is 5.69 Å². The first-order chi connectivity index (χ1) is 8.41. The Morgan fingerprint density at radius 2 is 2.06 bits per heavy atom. The number of ether oxygens (including phenoxy) is 1. The molecule has 1 aromatic rings. The van der Waals surface area contributed by atoms with Crippen molar-refractivity contribution in [3.05, 3.63) is 24.3 Å². The van der Waals surface area contributed by atoms with Crippen molar-refractivity contribution in [3.63, 3.8) is 0 Å². The molecule has 0 spiro atoms. The van der Waals surface area contributed by atoms with Gasteiger partial charge in [0.25, 0.3) is 0 Å². The van der Waals surface area contributed by atoms with E-state index in [1.807, 2.05) is 18.2 Å². The van der Waals surface area contributed by atoms with E-state index in [-0.39, 0.29) is 11.4 Å². The van der Waals surface area contributed by atoms with Crippen molar-refractivity contribution in [1.82, 2.24) is 0 Å². The minimum absolute atomic E-state index is 0.105. The van der Waals surface area contributed by atoms with Crippen molar-refractivity contribution in [2.24, 2.45) is 10.4 Å². The normalized spacial score (nSPS) is 23.6. The lowest BCUT2D eigenvalue weighted by Crippen LogP contribution is -2.42. The van der Waals surface area contributed by atoms with Crippen LogP contribution in [0.3, 0.4) is 0 Å². The summed E-state index contributed by atoms with van der Waals surface area (Å²) in [7, 11) is 0. The fourth-order valence-electron chi connectivity index (χ4n) is 1.65. The maximum absolute atomic E-state index is 11.0. The monoisotopic (exact) mass is 263 g/mol. The lowest BCUT2D eigenvalue weighted by molar-refractivity contribution is -0.131. The molecule has 0 aromatic heterocycles. The molecule has 2 rings (SSSR count). The average Bonchev–Trinajstić information content (AvgIpc) is 2.30. The highest BCUT2D eigenvalue weighted by Crippen LogP contribution is 2.49. The Balaban J connectivity index is 2.30. The van der Waals surface area contributed by atoms with Gasteiger partial charge in [-0.1, -0.05) is 32.9 Å². The van der Waals surface area contributed by atoms with E-state index in [1.54, 1.807) is 17.8 Å². The summed E-state index contributed by atoms with van der Waals surface area (Å²) < 4.78 is 5.15. The number of esters is 1. The molecule has 1 heterocycles. The predicted octanol–water partition coefficient (Wildman–Crippen LogP) is 3.80. The lowest BCUT2D eigenvalue weighted by atomic mass is 9.89. The van der Waals surface area contributed by atoms with Crippen LogP contribution in [0.1, 0.15) is 27.7 Å². The summed E-state index contributed by atoms with van der Waals surface area (Å²) in [6.07, 6.45) is 0. The molecule has 0 N–H and O–H groups in total. The molecule has 1 aliphatic heterocycles. The topological polar surface area (TPSA) is 38.7 Å². The lowest BCUT2D eigenvalue weighted by Gasteiger charge is -2.42. The molecule has 4 heteroatoms. The maximum Gasteiger partial charge on any atom is 0.308 e. The summed E-state index contributed by atoms with van der Waals surface area (Å²) in [5.74, 6) is 0.199. The Hall–Kier alpha value is -1.29. The molecule has 0 amide bonds. The van der Waals surface area contributed by atoms with E-state index < -0.39 is 0 Å². The third-order valence-electron chi connectivity index (χ3n) is 3.20. The number of thioether (sulfide) groups is 1. The van der Waals surface area contributed by atoms with Crippen molar-refractivity contribution in [2.45, 2.75) is 32.9 Å². The minimum atomic E-state index is -0.323. The second kappa shape index (κ2) is 4.76. The van der Waals surface area contributed by atoms with E-state index in [4.69, 9.17) is 4.74 Å². The van der Waals surface area contributed by atoms with Gasteiger partial charge < -0.3 is 4.74 Å². The second-order valence-electron chi connectivity index (χ2n) is 4.96. The van der Waals surface area contributed by atoms with E-state index in [9.17, 15) is 4.79 Å². The number of aliphatic imine (C=N–C) groups is 1. The van der Waals surface area contributed by atoms with E-state index in [0.717, 1.165) is 10.7 Å². The van der Waals surface area contributed by atoms with Gasteiger partial charge in [-0.05, 0) is 12.1 Å². The summed E-state index contributed by atoms with van der Waals surface area (Å²) in [5.41, 5.74) is 0.823. The Kier molecular flexibility index (Phi) is 3.48. The third-order valence-corrected chi connectivity index (χ3v) is 4.98. The van der Waals surface area contributed by atoms with Crippen LogP contribution < -0.4 is 4.74 Å². The zero-order chi connectivity index (χ0) is 13.3. The van der Waals surface area contributed by atoms with Gasteiger partial charge >= 0.3 is 5.97 Å². The molecule has 18 heavy (non-hydrogen) atoms. The number of benzene rings is 1. The van der Waals surface area contributed by atoms with E-state index >= 15 is 0 Å². The second-order valence-corrected chi connectivity index (χ2v) is 6.29. The molecular formula is C14H17NO2S. The molecule has 96 valence electrons. The first-order valence-electron chi connectivity index (χ1n) is 5.94. The van der Waals surface area contributed by atoms with Gasteiger partial charge in [0, 0.05) is 17.6 Å². The van der Waals surface area contributed by atoms with Crippen LogP contribution in [0, 0.1) is 5.41 Å². The highest BCUT2D eigenvalue weighted by Gasteiger charge is 2.43. The predicted molar refractivity (Wildman–Crippen MR) is 75.7 cm³/mol. The van der Waals surface area contributed by atoms with Crippen molar-refractivity contribution in [2.75, 3.05) is 0 Å².